The van der Waals surface area contributed by atoms with Crippen molar-refractivity contribution >= 4 is 27.2 Å². The van der Waals surface area contributed by atoms with Crippen molar-refractivity contribution in [1.29, 1.82) is 0 Å². The molecule has 0 unspecified atom stereocenters. The van der Waals surface area contributed by atoms with Gasteiger partial charge in [0, 0.05) is 58.4 Å². The summed E-state index contributed by atoms with van der Waals surface area (Å²) in [6, 6.07) is 0. The minimum Gasteiger partial charge on any atom is 0 e. The monoisotopic (exact) mass is 701 g/mol. The molecule has 0 aromatic carbocycles. The van der Waals surface area contributed by atoms with E-state index in [4.69, 9.17) is 19.2 Å². The zero-order chi connectivity index (χ0) is 17.8. The summed E-state index contributed by atoms with van der Waals surface area (Å²) in [5.41, 5.74) is 0. The van der Waals surface area contributed by atoms with Crippen molar-refractivity contribution in [3.05, 3.63) is 0 Å². The van der Waals surface area contributed by atoms with Gasteiger partial charge in [0.15, 0.2) is 0 Å². The topological polar surface area (TPSA) is 68.3 Å². The molecule has 0 amide bonds. The van der Waals surface area contributed by atoms with E-state index in [9.17, 15) is 0 Å². The van der Waals surface area contributed by atoms with Crippen molar-refractivity contribution in [1.82, 2.24) is 0 Å². The maximum absolute atomic E-state index is 8.00. The summed E-state index contributed by atoms with van der Waals surface area (Å²) in [4.78, 5) is 32.0. The van der Waals surface area contributed by atoms with E-state index in [2.05, 4.69) is 25.2 Å². The molecule has 3 radical (unpaired) electrons. The van der Waals surface area contributed by atoms with Crippen LogP contribution in [0.15, 0.2) is 0 Å². The second-order valence-electron chi connectivity index (χ2n) is 3.85. The Morgan fingerprint density at radius 1 is 0.500 bits per heavy atom. The van der Waals surface area contributed by atoms with E-state index in [0.717, 1.165) is 0 Å². The number of hydrogen-bond acceptors (Lipinski definition) is 4. The van der Waals surface area contributed by atoms with Gasteiger partial charge in [-0.05, 0) is 0 Å². The van der Waals surface area contributed by atoms with Crippen LogP contribution < -0.4 is 0 Å². The molecular formula is C16H33O4Rh4. The molecule has 0 aliphatic rings. The molecule has 0 atom stereocenters. The zero-order valence-corrected chi connectivity index (χ0v) is 21.1. The normalized spacial score (nSPS) is 6.46. The summed E-state index contributed by atoms with van der Waals surface area (Å²) in [5.74, 6) is 0. The Hall–Kier alpha value is 1.17. The fourth-order valence-electron chi connectivity index (χ4n) is 1.57. The number of carbonyl (C=O) groups is 4. The molecule has 0 rings (SSSR count). The first-order chi connectivity index (χ1) is 10.4. The van der Waals surface area contributed by atoms with Gasteiger partial charge >= 0.3 is 94.4 Å². The van der Waals surface area contributed by atoms with Crippen LogP contribution >= 0.6 is 0 Å². The van der Waals surface area contributed by atoms with Crippen LogP contribution in [0, 0.1) is 0 Å². The van der Waals surface area contributed by atoms with Gasteiger partial charge in [-0.25, -0.2) is 0 Å². The van der Waals surface area contributed by atoms with Gasteiger partial charge in [0.25, 0.3) is 0 Å². The van der Waals surface area contributed by atoms with Crippen molar-refractivity contribution in [3.63, 3.8) is 0 Å². The summed E-state index contributed by atoms with van der Waals surface area (Å²) in [6.45, 7) is 10.3. The van der Waals surface area contributed by atoms with Crippen LogP contribution in [0.4, 0.5) is 0 Å². The minimum atomic E-state index is 0. The first kappa shape index (κ1) is 49.9. The third kappa shape index (κ3) is 91.3. The van der Waals surface area contributed by atoms with E-state index in [1.807, 2.05) is 27.2 Å². The average Bonchev–Trinajstić information content (AvgIpc) is 2.61. The standard InChI is InChI=1S/C12H25.4CH2O.4Rh/c1-3-5-7-9-11-12-10-8-6-4-2;4*1-2;;;;/h1,3-12H2,2H3;4*1H2;;;;. The van der Waals surface area contributed by atoms with E-state index in [-0.39, 0.29) is 58.4 Å². The molecule has 0 heterocycles. The summed E-state index contributed by atoms with van der Waals surface area (Å²) in [6.07, 6.45) is 14.4. The van der Waals surface area contributed by atoms with E-state index in [1.165, 1.54) is 69.2 Å². The van der Waals surface area contributed by atoms with E-state index >= 15 is 0 Å². The fraction of sp³-hybridized carbons (Fsp3) is 0.750. The van der Waals surface area contributed by atoms with Gasteiger partial charge in [0.05, 0.1) is 0 Å². The SMILES string of the molecule is C=O.C=O.C=O.C=O.CCCCCCCCCCC[CH2][Rh].[Rh].[Rh].[Rh]. The molecule has 0 saturated carbocycles. The number of hydrogen-bond donors (Lipinski definition) is 0. The molecule has 0 bridgehead atoms. The predicted octanol–water partition coefficient (Wildman–Crippen LogP) is 4.13. The van der Waals surface area contributed by atoms with E-state index < -0.39 is 0 Å². The Balaban J connectivity index is -0.0000000339. The Morgan fingerprint density at radius 2 is 0.708 bits per heavy atom. The summed E-state index contributed by atoms with van der Waals surface area (Å²) >= 11 is 2.97. The number of rotatable bonds is 10. The smallest absolute Gasteiger partial charge is 0 e. The average molecular weight is 701 g/mol. The van der Waals surface area contributed by atoms with Crippen LogP contribution in [0.3, 0.4) is 0 Å². The zero-order valence-electron chi connectivity index (χ0n) is 14.6. The molecule has 0 aromatic heterocycles. The van der Waals surface area contributed by atoms with Crippen molar-refractivity contribution in [2.24, 2.45) is 0 Å². The molecule has 0 fully saturated rings. The molecule has 0 aromatic rings. The van der Waals surface area contributed by atoms with Crippen molar-refractivity contribution < 1.29 is 95.9 Å². The van der Waals surface area contributed by atoms with E-state index in [0.29, 0.717) is 0 Å². The second kappa shape index (κ2) is 87.6. The van der Waals surface area contributed by atoms with Crippen LogP contribution in [-0.4, -0.2) is 27.2 Å². The molecule has 0 N–H and O–H groups in total. The predicted molar refractivity (Wildman–Crippen MR) is 85.1 cm³/mol. The Labute approximate surface area is 197 Å². The number of unbranched alkanes of at least 4 members (excludes halogenated alkanes) is 9. The Kier molecular flexibility index (Phi) is 182. The summed E-state index contributed by atoms with van der Waals surface area (Å²) < 4.78 is 0. The fourth-order valence-corrected chi connectivity index (χ4v) is 1.98. The van der Waals surface area contributed by atoms with Gasteiger partial charge in [0.2, 0.25) is 0 Å². The first-order valence-corrected chi connectivity index (χ1v) is 8.26. The quantitative estimate of drug-likeness (QED) is 0.254. The van der Waals surface area contributed by atoms with Crippen LogP contribution in [0.2, 0.25) is 5.02 Å². The molecular weight excluding hydrogens is 668 g/mol. The molecule has 157 valence electrons. The van der Waals surface area contributed by atoms with Crippen LogP contribution in [0.25, 0.3) is 0 Å². The van der Waals surface area contributed by atoms with Gasteiger partial charge in [0.1, 0.15) is 27.2 Å². The largest absolute Gasteiger partial charge is 0 e. The van der Waals surface area contributed by atoms with Crippen LogP contribution in [-0.2, 0) is 95.9 Å². The maximum Gasteiger partial charge on any atom is 0 e. The van der Waals surface area contributed by atoms with Gasteiger partial charge in [-0.15, -0.1) is 0 Å². The summed E-state index contributed by atoms with van der Waals surface area (Å²) in [7, 11) is 0. The van der Waals surface area contributed by atoms with E-state index in [1.54, 1.807) is 0 Å². The molecule has 4 nitrogen and oxygen atoms in total. The van der Waals surface area contributed by atoms with Crippen molar-refractivity contribution in [3.8, 4) is 0 Å². The Bertz CT molecular complexity index is 129. The second-order valence-corrected chi connectivity index (χ2v) is 4.67. The first-order valence-electron chi connectivity index (χ1n) is 7.10. The van der Waals surface area contributed by atoms with Gasteiger partial charge in [-0.2, -0.15) is 0 Å². The van der Waals surface area contributed by atoms with Crippen LogP contribution in [0.1, 0.15) is 71.1 Å². The van der Waals surface area contributed by atoms with Crippen molar-refractivity contribution in [2.75, 3.05) is 0 Å². The van der Waals surface area contributed by atoms with Crippen molar-refractivity contribution in [2.45, 2.75) is 76.1 Å². The molecule has 0 aliphatic carbocycles. The van der Waals surface area contributed by atoms with Gasteiger partial charge in [-0.3, -0.25) is 0 Å². The number of carbonyl (C=O) groups excluding carboxylic acids is 4. The van der Waals surface area contributed by atoms with Gasteiger partial charge in [-0.1, -0.05) is 0 Å². The van der Waals surface area contributed by atoms with Gasteiger partial charge < -0.3 is 19.2 Å². The third-order valence-electron chi connectivity index (χ3n) is 2.47. The molecule has 0 saturated heterocycles. The molecule has 8 heteroatoms. The minimum absolute atomic E-state index is 0. The van der Waals surface area contributed by atoms with Crippen LogP contribution in [0.5, 0.6) is 0 Å². The molecule has 0 aliphatic heterocycles. The third-order valence-corrected chi connectivity index (χ3v) is 3.05. The molecule has 0 spiro atoms. The molecule has 24 heavy (non-hydrogen) atoms. The summed E-state index contributed by atoms with van der Waals surface area (Å²) in [5, 5.41) is 1.26. The Morgan fingerprint density at radius 3 is 0.917 bits per heavy atom. The maximum atomic E-state index is 8.00.